The fourth-order valence-electron chi connectivity index (χ4n) is 1.54. The van der Waals surface area contributed by atoms with Crippen LogP contribution in [0.5, 0.6) is 0 Å². The van der Waals surface area contributed by atoms with Crippen LogP contribution in [0.2, 0.25) is 0 Å². The summed E-state index contributed by atoms with van der Waals surface area (Å²) in [4.78, 5) is 0. The van der Waals surface area contributed by atoms with Crippen LogP contribution in [-0.4, -0.2) is 6.67 Å². The van der Waals surface area contributed by atoms with Gasteiger partial charge < -0.3 is 0 Å². The maximum atomic E-state index is 11.9. The van der Waals surface area contributed by atoms with Crippen LogP contribution >= 0.6 is 0 Å². The second-order valence-corrected chi connectivity index (χ2v) is 3.00. The highest BCUT2D eigenvalue weighted by Crippen LogP contribution is 2.29. The van der Waals surface area contributed by atoms with Gasteiger partial charge in [0.05, 0.1) is 0 Å². The van der Waals surface area contributed by atoms with Gasteiger partial charge in [0, 0.05) is 5.92 Å². The Kier molecular flexibility index (Phi) is 2.26. The molecule has 0 fully saturated rings. The van der Waals surface area contributed by atoms with Gasteiger partial charge >= 0.3 is 0 Å². The van der Waals surface area contributed by atoms with Gasteiger partial charge in [-0.3, -0.25) is 0 Å². The lowest BCUT2D eigenvalue weighted by Gasteiger charge is -2.03. The standard InChI is InChI=1S/C12H10F/c13-9-3-5-11-8-7-10-4-1-2-6-12(10)11/h1-7,11H,9H2/b5-3+. The first-order valence-corrected chi connectivity index (χ1v) is 4.32. The summed E-state index contributed by atoms with van der Waals surface area (Å²) in [6, 6.07) is 8.10. The summed E-state index contributed by atoms with van der Waals surface area (Å²) in [5, 5.41) is 0. The zero-order valence-corrected chi connectivity index (χ0v) is 7.20. The summed E-state index contributed by atoms with van der Waals surface area (Å²) in [5.74, 6) is 0.145. The Labute approximate surface area is 77.4 Å². The Morgan fingerprint density at radius 1 is 1.38 bits per heavy atom. The van der Waals surface area contributed by atoms with Gasteiger partial charge in [0.25, 0.3) is 0 Å². The molecule has 13 heavy (non-hydrogen) atoms. The average Bonchev–Trinajstić information content (AvgIpc) is 2.58. The first-order chi connectivity index (χ1) is 6.42. The SMILES string of the molecule is FC/C=C/C1[C]=Cc2ccccc21. The van der Waals surface area contributed by atoms with E-state index in [0.717, 1.165) is 0 Å². The molecule has 1 aromatic rings. The molecule has 1 heteroatoms. The molecule has 65 valence electrons. The molecule has 1 aliphatic rings. The number of benzene rings is 1. The lowest BCUT2D eigenvalue weighted by atomic mass is 10.0. The normalized spacial score (nSPS) is 19.6. The van der Waals surface area contributed by atoms with Crippen molar-refractivity contribution in [2.75, 3.05) is 6.67 Å². The Balaban J connectivity index is 2.28. The number of hydrogen-bond acceptors (Lipinski definition) is 0. The van der Waals surface area contributed by atoms with E-state index in [-0.39, 0.29) is 5.92 Å². The van der Waals surface area contributed by atoms with E-state index in [9.17, 15) is 4.39 Å². The van der Waals surface area contributed by atoms with E-state index < -0.39 is 6.67 Å². The number of allylic oxidation sites excluding steroid dienone is 3. The van der Waals surface area contributed by atoms with Crippen molar-refractivity contribution in [2.45, 2.75) is 5.92 Å². The molecule has 1 aliphatic carbocycles. The highest BCUT2D eigenvalue weighted by molar-refractivity contribution is 5.61. The zero-order valence-electron chi connectivity index (χ0n) is 7.20. The minimum absolute atomic E-state index is 0.145. The largest absolute Gasteiger partial charge is 0.247 e. The Morgan fingerprint density at radius 3 is 3.08 bits per heavy atom. The smallest absolute Gasteiger partial charge is 0.108 e. The van der Waals surface area contributed by atoms with Gasteiger partial charge in [-0.05, 0) is 17.2 Å². The van der Waals surface area contributed by atoms with E-state index in [4.69, 9.17) is 0 Å². The predicted octanol–water partition coefficient (Wildman–Crippen LogP) is 3.13. The molecule has 0 amide bonds. The monoisotopic (exact) mass is 173 g/mol. The molecule has 1 radical (unpaired) electrons. The molecule has 2 rings (SSSR count). The van der Waals surface area contributed by atoms with E-state index in [1.54, 1.807) is 0 Å². The van der Waals surface area contributed by atoms with E-state index in [2.05, 4.69) is 12.1 Å². The van der Waals surface area contributed by atoms with Crippen molar-refractivity contribution in [3.8, 4) is 0 Å². The molecule has 0 saturated heterocycles. The van der Waals surface area contributed by atoms with Crippen LogP contribution in [0.1, 0.15) is 17.0 Å². The third kappa shape index (κ3) is 1.55. The topological polar surface area (TPSA) is 0 Å². The fourth-order valence-corrected chi connectivity index (χ4v) is 1.54. The molecule has 0 N–H and O–H groups in total. The molecule has 0 aliphatic heterocycles. The van der Waals surface area contributed by atoms with Gasteiger partial charge in [-0.15, -0.1) is 0 Å². The number of hydrogen-bond donors (Lipinski definition) is 0. The van der Waals surface area contributed by atoms with Crippen LogP contribution in [0, 0.1) is 6.08 Å². The number of alkyl halides is 1. The van der Waals surface area contributed by atoms with Crippen molar-refractivity contribution in [3.05, 3.63) is 53.6 Å². The molecule has 0 heterocycles. The van der Waals surface area contributed by atoms with Gasteiger partial charge in [0.15, 0.2) is 0 Å². The number of fused-ring (bicyclic) bond motifs is 1. The van der Waals surface area contributed by atoms with Crippen LogP contribution in [0.3, 0.4) is 0 Å². The van der Waals surface area contributed by atoms with Crippen molar-refractivity contribution in [3.63, 3.8) is 0 Å². The third-order valence-corrected chi connectivity index (χ3v) is 2.17. The van der Waals surface area contributed by atoms with Crippen molar-refractivity contribution < 1.29 is 4.39 Å². The van der Waals surface area contributed by atoms with Gasteiger partial charge in [0.1, 0.15) is 6.67 Å². The van der Waals surface area contributed by atoms with E-state index in [1.807, 2.05) is 30.4 Å². The zero-order chi connectivity index (χ0) is 9.10. The lowest BCUT2D eigenvalue weighted by molar-refractivity contribution is 0.560. The number of halogens is 1. The van der Waals surface area contributed by atoms with Gasteiger partial charge in [-0.25, -0.2) is 4.39 Å². The molecule has 1 unspecified atom stereocenters. The summed E-state index contributed by atoms with van der Waals surface area (Å²) in [6.07, 6.45) is 8.52. The Morgan fingerprint density at radius 2 is 2.23 bits per heavy atom. The molecular weight excluding hydrogens is 163 g/mol. The van der Waals surface area contributed by atoms with Gasteiger partial charge in [-0.1, -0.05) is 42.5 Å². The van der Waals surface area contributed by atoms with Crippen LogP contribution < -0.4 is 0 Å². The molecular formula is C12H10F. The maximum absolute atomic E-state index is 11.9. The van der Waals surface area contributed by atoms with E-state index >= 15 is 0 Å². The van der Waals surface area contributed by atoms with Crippen LogP contribution in [0.25, 0.3) is 6.08 Å². The van der Waals surface area contributed by atoms with Gasteiger partial charge in [0.2, 0.25) is 0 Å². The first-order valence-electron chi connectivity index (χ1n) is 4.32. The highest BCUT2D eigenvalue weighted by atomic mass is 19.1. The second kappa shape index (κ2) is 3.56. The van der Waals surface area contributed by atoms with Crippen LogP contribution in [-0.2, 0) is 0 Å². The van der Waals surface area contributed by atoms with Crippen LogP contribution in [0.15, 0.2) is 36.4 Å². The van der Waals surface area contributed by atoms with E-state index in [1.165, 1.54) is 17.2 Å². The fraction of sp³-hybridized carbons (Fsp3) is 0.167. The molecule has 0 aromatic heterocycles. The molecule has 1 atom stereocenters. The van der Waals surface area contributed by atoms with Crippen LogP contribution in [0.4, 0.5) is 4.39 Å². The summed E-state index contributed by atoms with van der Waals surface area (Å²) < 4.78 is 11.9. The second-order valence-electron chi connectivity index (χ2n) is 3.00. The third-order valence-electron chi connectivity index (χ3n) is 2.17. The molecule has 0 bridgehead atoms. The Hall–Kier alpha value is -1.37. The Bertz CT molecular complexity index is 350. The first kappa shape index (κ1) is 8.24. The average molecular weight is 173 g/mol. The van der Waals surface area contributed by atoms with Crippen molar-refractivity contribution in [1.82, 2.24) is 0 Å². The molecule has 0 nitrogen and oxygen atoms in total. The quantitative estimate of drug-likeness (QED) is 0.603. The molecule has 0 spiro atoms. The van der Waals surface area contributed by atoms with Gasteiger partial charge in [-0.2, -0.15) is 0 Å². The lowest BCUT2D eigenvalue weighted by Crippen LogP contribution is -1.88. The maximum Gasteiger partial charge on any atom is 0.108 e. The molecule has 0 saturated carbocycles. The van der Waals surface area contributed by atoms with Crippen molar-refractivity contribution in [2.24, 2.45) is 0 Å². The number of rotatable bonds is 2. The highest BCUT2D eigenvalue weighted by Gasteiger charge is 2.13. The van der Waals surface area contributed by atoms with Crippen molar-refractivity contribution in [1.29, 1.82) is 0 Å². The van der Waals surface area contributed by atoms with E-state index in [0.29, 0.717) is 0 Å². The summed E-state index contributed by atoms with van der Waals surface area (Å²) in [5.41, 5.74) is 2.41. The van der Waals surface area contributed by atoms with Crippen molar-refractivity contribution >= 4 is 6.08 Å². The summed E-state index contributed by atoms with van der Waals surface area (Å²) in [6.45, 7) is -0.402. The summed E-state index contributed by atoms with van der Waals surface area (Å²) >= 11 is 0. The summed E-state index contributed by atoms with van der Waals surface area (Å²) in [7, 11) is 0. The molecule has 1 aromatic carbocycles. The minimum Gasteiger partial charge on any atom is -0.247 e. The predicted molar refractivity (Wildman–Crippen MR) is 52.0 cm³/mol. The minimum atomic E-state index is -0.402.